The van der Waals surface area contributed by atoms with Gasteiger partial charge in [-0.2, -0.15) is 0 Å². The summed E-state index contributed by atoms with van der Waals surface area (Å²) in [7, 11) is 3.01. The summed E-state index contributed by atoms with van der Waals surface area (Å²) in [5.74, 6) is -1.34. The van der Waals surface area contributed by atoms with E-state index in [1.54, 1.807) is 14.0 Å². The average molecular weight is 312 g/mol. The molecular weight excluding hydrogens is 284 g/mol. The Hall–Kier alpha value is -1.17. The number of ether oxygens (including phenoxy) is 2. The number of rotatable bonds is 8. The summed E-state index contributed by atoms with van der Waals surface area (Å²) in [6.45, 7) is 3.77. The van der Waals surface area contributed by atoms with Crippen molar-refractivity contribution in [2.75, 3.05) is 14.2 Å². The molecule has 0 aromatic heterocycles. The predicted octanol–water partition coefficient (Wildman–Crippen LogP) is 3.55. The number of hydrogen-bond acceptors (Lipinski definition) is 5. The lowest BCUT2D eigenvalue weighted by molar-refractivity contribution is -0.469. The first-order valence-electron chi connectivity index (χ1n) is 7.84. The summed E-state index contributed by atoms with van der Waals surface area (Å²) < 4.78 is 10.3. The van der Waals surface area contributed by atoms with Crippen LogP contribution < -0.4 is 0 Å². The molecule has 1 unspecified atom stereocenters. The Balaban J connectivity index is 2.41. The molecule has 1 fully saturated rings. The van der Waals surface area contributed by atoms with Crippen LogP contribution in [0.1, 0.15) is 46.0 Å². The fourth-order valence-electron chi connectivity index (χ4n) is 2.45. The Kier molecular flexibility index (Phi) is 8.38. The zero-order chi connectivity index (χ0) is 16.4. The molecule has 0 spiro atoms. The SMILES string of the molecule is C/C=C/C=C/CCC[C@@]1(OC)CC[C@H](C(C)C(=O)OC)OO1. The molecule has 0 saturated carbocycles. The highest BCUT2D eigenvalue weighted by Gasteiger charge is 2.41. The van der Waals surface area contributed by atoms with Crippen LogP contribution in [0.25, 0.3) is 0 Å². The fourth-order valence-corrected chi connectivity index (χ4v) is 2.45. The van der Waals surface area contributed by atoms with Gasteiger partial charge in [-0.05, 0) is 33.1 Å². The van der Waals surface area contributed by atoms with Gasteiger partial charge < -0.3 is 9.47 Å². The van der Waals surface area contributed by atoms with E-state index in [-0.39, 0.29) is 18.0 Å². The van der Waals surface area contributed by atoms with Crippen LogP contribution in [-0.4, -0.2) is 32.1 Å². The van der Waals surface area contributed by atoms with Crippen LogP contribution in [-0.2, 0) is 24.0 Å². The zero-order valence-corrected chi connectivity index (χ0v) is 14.0. The highest BCUT2D eigenvalue weighted by molar-refractivity contribution is 5.72. The van der Waals surface area contributed by atoms with E-state index in [1.165, 1.54) is 7.11 Å². The van der Waals surface area contributed by atoms with E-state index >= 15 is 0 Å². The molecule has 1 heterocycles. The Bertz CT molecular complexity index is 381. The van der Waals surface area contributed by atoms with Crippen molar-refractivity contribution in [1.29, 1.82) is 0 Å². The van der Waals surface area contributed by atoms with Gasteiger partial charge in [-0.3, -0.25) is 4.79 Å². The van der Waals surface area contributed by atoms with E-state index in [0.717, 1.165) is 19.3 Å². The second-order valence-corrected chi connectivity index (χ2v) is 5.53. The normalized spacial score (nSPS) is 27.4. The number of allylic oxidation sites excluding steroid dienone is 4. The maximum absolute atomic E-state index is 11.5. The highest BCUT2D eigenvalue weighted by atomic mass is 17.2. The molecule has 1 rings (SSSR count). The van der Waals surface area contributed by atoms with Gasteiger partial charge in [0.05, 0.1) is 13.0 Å². The second kappa shape index (κ2) is 9.77. The number of carbonyl (C=O) groups excluding carboxylic acids is 1. The van der Waals surface area contributed by atoms with Crippen molar-refractivity contribution in [1.82, 2.24) is 0 Å². The molecule has 1 saturated heterocycles. The van der Waals surface area contributed by atoms with E-state index < -0.39 is 5.79 Å². The first kappa shape index (κ1) is 18.9. The van der Waals surface area contributed by atoms with Crippen LogP contribution in [0.3, 0.4) is 0 Å². The van der Waals surface area contributed by atoms with Crippen molar-refractivity contribution in [3.63, 3.8) is 0 Å². The molecule has 0 aromatic carbocycles. The van der Waals surface area contributed by atoms with Gasteiger partial charge >= 0.3 is 5.97 Å². The summed E-state index contributed by atoms with van der Waals surface area (Å²) in [4.78, 5) is 22.4. The van der Waals surface area contributed by atoms with E-state index in [1.807, 2.05) is 25.2 Å². The lowest BCUT2D eigenvalue weighted by Crippen LogP contribution is -2.44. The molecule has 1 aliphatic rings. The summed E-state index contributed by atoms with van der Waals surface area (Å²) in [6, 6.07) is 0. The van der Waals surface area contributed by atoms with Crippen molar-refractivity contribution >= 4 is 5.97 Å². The van der Waals surface area contributed by atoms with Gasteiger partial charge in [0.1, 0.15) is 6.10 Å². The number of hydrogen-bond donors (Lipinski definition) is 0. The predicted molar refractivity (Wildman–Crippen MR) is 83.9 cm³/mol. The van der Waals surface area contributed by atoms with Gasteiger partial charge in [-0.15, -0.1) is 0 Å². The molecule has 3 atom stereocenters. The molecule has 0 amide bonds. The van der Waals surface area contributed by atoms with Crippen molar-refractivity contribution < 1.29 is 24.0 Å². The fraction of sp³-hybridized carbons (Fsp3) is 0.706. The zero-order valence-electron chi connectivity index (χ0n) is 14.0. The topological polar surface area (TPSA) is 54.0 Å². The Labute approximate surface area is 133 Å². The van der Waals surface area contributed by atoms with Crippen LogP contribution in [0.2, 0.25) is 0 Å². The van der Waals surface area contributed by atoms with E-state index in [4.69, 9.17) is 19.2 Å². The quantitative estimate of drug-likeness (QED) is 0.297. The van der Waals surface area contributed by atoms with Crippen molar-refractivity contribution in [3.8, 4) is 0 Å². The summed E-state index contributed by atoms with van der Waals surface area (Å²) in [5, 5.41) is 0. The van der Waals surface area contributed by atoms with Crippen LogP contribution >= 0.6 is 0 Å². The highest BCUT2D eigenvalue weighted by Crippen LogP contribution is 2.34. The first-order valence-corrected chi connectivity index (χ1v) is 7.84. The van der Waals surface area contributed by atoms with Crippen LogP contribution in [0.5, 0.6) is 0 Å². The molecule has 22 heavy (non-hydrogen) atoms. The third kappa shape index (κ3) is 5.55. The number of methoxy groups -OCH3 is 2. The minimum atomic E-state index is -0.708. The minimum Gasteiger partial charge on any atom is -0.469 e. The Morgan fingerprint density at radius 2 is 2.18 bits per heavy atom. The molecule has 0 N–H and O–H groups in total. The number of carbonyl (C=O) groups is 1. The van der Waals surface area contributed by atoms with Crippen molar-refractivity contribution in [2.24, 2.45) is 5.92 Å². The summed E-state index contributed by atoms with van der Waals surface area (Å²) >= 11 is 0. The van der Waals surface area contributed by atoms with Crippen molar-refractivity contribution in [2.45, 2.75) is 57.8 Å². The number of esters is 1. The van der Waals surface area contributed by atoms with Gasteiger partial charge in [0, 0.05) is 20.0 Å². The van der Waals surface area contributed by atoms with Gasteiger partial charge in [0.15, 0.2) is 0 Å². The summed E-state index contributed by atoms with van der Waals surface area (Å²) in [6.07, 6.45) is 11.9. The molecule has 5 heteroatoms. The van der Waals surface area contributed by atoms with Crippen LogP contribution in [0.4, 0.5) is 0 Å². The number of unbranched alkanes of at least 4 members (excludes halogenated alkanes) is 1. The largest absolute Gasteiger partial charge is 0.469 e. The van der Waals surface area contributed by atoms with Crippen molar-refractivity contribution in [3.05, 3.63) is 24.3 Å². The molecule has 0 aromatic rings. The molecular formula is C17H28O5. The first-order chi connectivity index (χ1) is 10.6. The van der Waals surface area contributed by atoms with Gasteiger partial charge in [-0.1, -0.05) is 24.3 Å². The monoisotopic (exact) mass is 312 g/mol. The van der Waals surface area contributed by atoms with E-state index in [0.29, 0.717) is 12.8 Å². The maximum Gasteiger partial charge on any atom is 0.311 e. The standard InChI is InChI=1S/C17H28O5/c1-5-6-7-8-9-10-12-17(20-4)13-11-15(21-22-17)14(2)16(18)19-3/h5-8,14-15H,9-13H2,1-4H3/b6-5+,8-7+/t14?,15-,17+/m1/s1. The summed E-state index contributed by atoms with van der Waals surface area (Å²) in [5.41, 5.74) is 0. The Morgan fingerprint density at radius 3 is 2.73 bits per heavy atom. The second-order valence-electron chi connectivity index (χ2n) is 5.53. The minimum absolute atomic E-state index is 0.285. The van der Waals surface area contributed by atoms with E-state index in [2.05, 4.69) is 6.08 Å². The molecule has 126 valence electrons. The average Bonchev–Trinajstić information content (AvgIpc) is 2.57. The molecule has 0 bridgehead atoms. The third-order valence-electron chi connectivity index (χ3n) is 4.00. The lowest BCUT2D eigenvalue weighted by Gasteiger charge is -2.38. The smallest absolute Gasteiger partial charge is 0.311 e. The van der Waals surface area contributed by atoms with Gasteiger partial charge in [0.2, 0.25) is 5.79 Å². The van der Waals surface area contributed by atoms with E-state index in [9.17, 15) is 4.79 Å². The van der Waals surface area contributed by atoms with Crippen LogP contribution in [0.15, 0.2) is 24.3 Å². The maximum atomic E-state index is 11.5. The van der Waals surface area contributed by atoms with Crippen LogP contribution in [0, 0.1) is 5.92 Å². The third-order valence-corrected chi connectivity index (χ3v) is 4.00. The Morgan fingerprint density at radius 1 is 1.41 bits per heavy atom. The molecule has 1 aliphatic heterocycles. The van der Waals surface area contributed by atoms with Gasteiger partial charge in [-0.25, -0.2) is 9.78 Å². The lowest BCUT2D eigenvalue weighted by atomic mass is 9.94. The molecule has 0 radical (unpaired) electrons. The van der Waals surface area contributed by atoms with Gasteiger partial charge in [0.25, 0.3) is 0 Å². The molecule has 0 aliphatic carbocycles. The molecule has 5 nitrogen and oxygen atoms in total.